The maximum Gasteiger partial charge on any atom is 0.306 e. The lowest BCUT2D eigenvalue weighted by Crippen LogP contribution is -2.23. The number of aliphatic imine (C=N–C) groups is 1. The first-order valence-electron chi connectivity index (χ1n) is 8.17. The molecule has 0 aliphatic rings. The Balaban J connectivity index is 1.55. The quantitative estimate of drug-likeness (QED) is 0.287. The van der Waals surface area contributed by atoms with Crippen molar-refractivity contribution in [1.82, 2.24) is 9.78 Å². The topological polar surface area (TPSA) is 121 Å². The van der Waals surface area contributed by atoms with Gasteiger partial charge in [-0.1, -0.05) is 24.3 Å². The van der Waals surface area contributed by atoms with Crippen LogP contribution in [0.15, 0.2) is 72.0 Å². The van der Waals surface area contributed by atoms with E-state index in [9.17, 15) is 10.1 Å². The van der Waals surface area contributed by atoms with Crippen molar-refractivity contribution in [2.24, 2.45) is 10.7 Å². The second-order valence-corrected chi connectivity index (χ2v) is 5.55. The highest BCUT2D eigenvalue weighted by atomic mass is 16.6. The van der Waals surface area contributed by atoms with Gasteiger partial charge in [0, 0.05) is 11.8 Å². The molecular formula is C18H18N6O3. The zero-order valence-electron chi connectivity index (χ0n) is 14.4. The molecule has 27 heavy (non-hydrogen) atoms. The minimum Gasteiger partial charge on any atom is -0.457 e. The number of guanidine groups is 1. The van der Waals surface area contributed by atoms with Gasteiger partial charge in [-0.05, 0) is 24.3 Å². The summed E-state index contributed by atoms with van der Waals surface area (Å²) < 4.78 is 7.22. The second kappa shape index (κ2) is 8.48. The molecule has 9 heteroatoms. The first-order valence-corrected chi connectivity index (χ1v) is 8.17. The van der Waals surface area contributed by atoms with Crippen molar-refractivity contribution in [2.75, 3.05) is 11.9 Å². The molecule has 0 spiro atoms. The van der Waals surface area contributed by atoms with Crippen LogP contribution in [0, 0.1) is 10.1 Å². The average Bonchev–Trinajstić information content (AvgIpc) is 3.12. The summed E-state index contributed by atoms with van der Waals surface area (Å²) in [5.41, 5.74) is 6.57. The highest BCUT2D eigenvalue weighted by Crippen LogP contribution is 2.23. The van der Waals surface area contributed by atoms with Crippen molar-refractivity contribution in [3.63, 3.8) is 0 Å². The molecule has 3 aromatic rings. The second-order valence-electron chi connectivity index (χ2n) is 5.55. The summed E-state index contributed by atoms with van der Waals surface area (Å²) in [6.07, 6.45) is 2.55. The number of rotatable bonds is 7. The van der Waals surface area contributed by atoms with Crippen LogP contribution in [0.25, 0.3) is 0 Å². The molecule has 0 radical (unpaired) electrons. The number of nitrogens with zero attached hydrogens (tertiary/aromatic N) is 4. The maximum absolute atomic E-state index is 10.6. The third-order valence-electron chi connectivity index (χ3n) is 3.53. The summed E-state index contributed by atoms with van der Waals surface area (Å²) in [4.78, 5) is 14.3. The largest absolute Gasteiger partial charge is 0.457 e. The van der Waals surface area contributed by atoms with Gasteiger partial charge >= 0.3 is 5.69 Å². The number of nitro groups is 1. The zero-order chi connectivity index (χ0) is 19.1. The molecule has 0 bridgehead atoms. The van der Waals surface area contributed by atoms with E-state index in [4.69, 9.17) is 10.5 Å². The van der Waals surface area contributed by atoms with Gasteiger partial charge in [-0.2, -0.15) is 5.10 Å². The molecule has 9 nitrogen and oxygen atoms in total. The van der Waals surface area contributed by atoms with Crippen LogP contribution in [0.3, 0.4) is 0 Å². The first-order chi connectivity index (χ1) is 13.1. The fourth-order valence-electron chi connectivity index (χ4n) is 2.29. The molecule has 0 aliphatic carbocycles. The number of ether oxygens (including phenoxy) is 1. The van der Waals surface area contributed by atoms with Crippen LogP contribution in [0.2, 0.25) is 0 Å². The van der Waals surface area contributed by atoms with E-state index in [-0.39, 0.29) is 11.6 Å². The number of benzene rings is 2. The van der Waals surface area contributed by atoms with Gasteiger partial charge in [-0.15, -0.1) is 0 Å². The molecule has 1 aromatic heterocycles. The van der Waals surface area contributed by atoms with Gasteiger partial charge in [-0.25, -0.2) is 0 Å². The number of hydrogen-bond acceptors (Lipinski definition) is 5. The Labute approximate surface area is 155 Å². The van der Waals surface area contributed by atoms with Gasteiger partial charge in [0.25, 0.3) is 0 Å². The van der Waals surface area contributed by atoms with E-state index in [1.165, 1.54) is 17.1 Å². The monoisotopic (exact) mass is 366 g/mol. The fourth-order valence-corrected chi connectivity index (χ4v) is 2.29. The number of para-hydroxylation sites is 1. The molecule has 1 heterocycles. The third-order valence-corrected chi connectivity index (χ3v) is 3.53. The molecule has 3 rings (SSSR count). The van der Waals surface area contributed by atoms with Gasteiger partial charge in [0.2, 0.25) is 0 Å². The summed E-state index contributed by atoms with van der Waals surface area (Å²) in [5.74, 6) is 1.64. The summed E-state index contributed by atoms with van der Waals surface area (Å²) in [6, 6.07) is 16.8. The van der Waals surface area contributed by atoms with Crippen molar-refractivity contribution in [3.8, 4) is 11.5 Å². The minimum absolute atomic E-state index is 0.0553. The Morgan fingerprint density at radius 2 is 2.00 bits per heavy atom. The Kier molecular flexibility index (Phi) is 5.63. The van der Waals surface area contributed by atoms with Gasteiger partial charge < -0.3 is 15.8 Å². The molecule has 0 unspecified atom stereocenters. The Morgan fingerprint density at radius 1 is 1.22 bits per heavy atom. The lowest BCUT2D eigenvalue weighted by Gasteiger charge is -2.09. The first kappa shape index (κ1) is 17.9. The minimum atomic E-state index is -0.493. The van der Waals surface area contributed by atoms with E-state index >= 15 is 0 Å². The van der Waals surface area contributed by atoms with E-state index in [0.717, 1.165) is 11.4 Å². The van der Waals surface area contributed by atoms with Crippen LogP contribution in [-0.2, 0) is 6.54 Å². The Bertz CT molecular complexity index is 939. The third kappa shape index (κ3) is 5.30. The van der Waals surface area contributed by atoms with Gasteiger partial charge in [0.15, 0.2) is 5.96 Å². The number of anilines is 1. The van der Waals surface area contributed by atoms with E-state index < -0.39 is 4.92 Å². The summed E-state index contributed by atoms with van der Waals surface area (Å²) >= 11 is 0. The van der Waals surface area contributed by atoms with Crippen molar-refractivity contribution in [2.45, 2.75) is 6.54 Å². The molecule has 0 saturated heterocycles. The average molecular weight is 366 g/mol. The number of aromatic nitrogens is 2. The maximum atomic E-state index is 10.6. The van der Waals surface area contributed by atoms with Crippen LogP contribution < -0.4 is 15.8 Å². The molecule has 138 valence electrons. The zero-order valence-corrected chi connectivity index (χ0v) is 14.4. The van der Waals surface area contributed by atoms with Gasteiger partial charge in [-0.3, -0.25) is 19.8 Å². The SMILES string of the molecule is NC(=NCCn1cc([N+](=O)[O-])cn1)Nc1cccc(Oc2ccccc2)c1. The fraction of sp³-hybridized carbons (Fsp3) is 0.111. The Morgan fingerprint density at radius 3 is 2.74 bits per heavy atom. The van der Waals surface area contributed by atoms with E-state index in [2.05, 4.69) is 15.4 Å². The van der Waals surface area contributed by atoms with E-state index in [1.54, 1.807) is 0 Å². The summed E-state index contributed by atoms with van der Waals surface area (Å²) in [5, 5.41) is 17.5. The van der Waals surface area contributed by atoms with Crippen LogP contribution in [-0.4, -0.2) is 27.2 Å². The van der Waals surface area contributed by atoms with Gasteiger partial charge in [0.05, 0.1) is 18.0 Å². The van der Waals surface area contributed by atoms with Crippen molar-refractivity contribution in [3.05, 3.63) is 77.1 Å². The predicted molar refractivity (Wildman–Crippen MR) is 102 cm³/mol. The molecule has 0 fully saturated rings. The standard InChI is InChI=1S/C18H18N6O3/c19-18(20-9-10-23-13-15(12-21-23)24(25)26)22-14-5-4-8-17(11-14)27-16-6-2-1-3-7-16/h1-8,11-13H,9-10H2,(H3,19,20,22). The summed E-state index contributed by atoms with van der Waals surface area (Å²) in [7, 11) is 0. The smallest absolute Gasteiger partial charge is 0.306 e. The lowest BCUT2D eigenvalue weighted by atomic mass is 10.3. The van der Waals surface area contributed by atoms with Crippen LogP contribution in [0.5, 0.6) is 11.5 Å². The highest BCUT2D eigenvalue weighted by molar-refractivity contribution is 5.92. The number of nitrogens with one attached hydrogen (secondary N) is 1. The van der Waals surface area contributed by atoms with Gasteiger partial charge in [0.1, 0.15) is 23.9 Å². The molecule has 0 saturated carbocycles. The van der Waals surface area contributed by atoms with Crippen molar-refractivity contribution in [1.29, 1.82) is 0 Å². The predicted octanol–water partition coefficient (Wildman–Crippen LogP) is 3.01. The number of hydrogen-bond donors (Lipinski definition) is 2. The molecule has 2 aromatic carbocycles. The lowest BCUT2D eigenvalue weighted by molar-refractivity contribution is -0.385. The molecule has 0 amide bonds. The Hall–Kier alpha value is -3.88. The molecular weight excluding hydrogens is 348 g/mol. The highest BCUT2D eigenvalue weighted by Gasteiger charge is 2.08. The van der Waals surface area contributed by atoms with Crippen molar-refractivity contribution >= 4 is 17.3 Å². The van der Waals surface area contributed by atoms with E-state index in [1.807, 2.05) is 54.6 Å². The normalized spacial score (nSPS) is 11.2. The molecule has 0 atom stereocenters. The van der Waals surface area contributed by atoms with Crippen LogP contribution in [0.1, 0.15) is 0 Å². The van der Waals surface area contributed by atoms with Crippen molar-refractivity contribution < 1.29 is 9.66 Å². The number of nitrogens with two attached hydrogens (primary N) is 1. The molecule has 0 aliphatic heterocycles. The van der Waals surface area contributed by atoms with E-state index in [0.29, 0.717) is 18.8 Å². The summed E-state index contributed by atoms with van der Waals surface area (Å²) in [6.45, 7) is 0.714. The molecule has 3 N–H and O–H groups in total. The van der Waals surface area contributed by atoms with Crippen LogP contribution in [0.4, 0.5) is 11.4 Å². The van der Waals surface area contributed by atoms with Crippen LogP contribution >= 0.6 is 0 Å².